The number of hydrogen-bond acceptors (Lipinski definition) is 6. The van der Waals surface area contributed by atoms with Gasteiger partial charge in [-0.1, -0.05) is 32.8 Å². The summed E-state index contributed by atoms with van der Waals surface area (Å²) < 4.78 is 10.3. The zero-order chi connectivity index (χ0) is 22.5. The highest BCUT2D eigenvalue weighted by atomic mass is 16.5. The van der Waals surface area contributed by atoms with E-state index in [0.717, 1.165) is 28.7 Å². The Hall–Kier alpha value is -2.94. The maximum absolute atomic E-state index is 13.3. The van der Waals surface area contributed by atoms with E-state index in [1.54, 1.807) is 17.8 Å². The Kier molecular flexibility index (Phi) is 7.27. The Labute approximate surface area is 180 Å². The van der Waals surface area contributed by atoms with Crippen molar-refractivity contribution in [3.05, 3.63) is 50.4 Å². The van der Waals surface area contributed by atoms with Crippen molar-refractivity contribution in [2.24, 2.45) is 13.0 Å². The van der Waals surface area contributed by atoms with E-state index < -0.39 is 11.2 Å². The molecule has 0 saturated carbocycles. The van der Waals surface area contributed by atoms with Crippen LogP contribution in [0.5, 0.6) is 6.01 Å². The minimum Gasteiger partial charge on any atom is -0.464 e. The highest BCUT2D eigenvalue weighted by Crippen LogP contribution is 2.21. The standard InChI is InChI=1S/C22H31N5O4/c1-5-16(6-2)14-31-21-24-19-18(27(21)13-17-9-8-15(3)23-12-17)20(29)26(10-7-11-28)22(30)25(19)4/h8-9,12,16,28H,5-7,10-11,13-14H2,1-4H3. The molecule has 0 amide bonds. The number of aliphatic hydroxyl groups excluding tert-OH is 1. The lowest BCUT2D eigenvalue weighted by Crippen LogP contribution is -2.39. The summed E-state index contributed by atoms with van der Waals surface area (Å²) in [6, 6.07) is 4.18. The number of rotatable bonds is 10. The normalized spacial score (nSPS) is 11.5. The van der Waals surface area contributed by atoms with Crippen molar-refractivity contribution >= 4 is 11.2 Å². The molecule has 9 nitrogen and oxygen atoms in total. The molecule has 0 fully saturated rings. The highest BCUT2D eigenvalue weighted by molar-refractivity contribution is 5.72. The summed E-state index contributed by atoms with van der Waals surface area (Å²) in [6.07, 6.45) is 4.03. The first-order valence-corrected chi connectivity index (χ1v) is 10.8. The second kappa shape index (κ2) is 9.91. The molecule has 0 bridgehead atoms. The largest absolute Gasteiger partial charge is 0.464 e. The van der Waals surface area contributed by atoms with Crippen molar-refractivity contribution in [1.82, 2.24) is 23.7 Å². The summed E-state index contributed by atoms with van der Waals surface area (Å²) in [5.41, 5.74) is 1.50. The Morgan fingerprint density at radius 3 is 2.52 bits per heavy atom. The molecule has 0 spiro atoms. The van der Waals surface area contributed by atoms with Crippen molar-refractivity contribution in [2.75, 3.05) is 13.2 Å². The highest BCUT2D eigenvalue weighted by Gasteiger charge is 2.22. The van der Waals surface area contributed by atoms with Gasteiger partial charge in [-0.05, 0) is 30.9 Å². The van der Waals surface area contributed by atoms with Gasteiger partial charge in [-0.15, -0.1) is 0 Å². The number of aryl methyl sites for hydroxylation is 2. The molecule has 3 aromatic heterocycles. The fourth-order valence-corrected chi connectivity index (χ4v) is 3.53. The van der Waals surface area contributed by atoms with Crippen LogP contribution in [0.25, 0.3) is 11.2 Å². The SMILES string of the molecule is CCC(CC)COc1nc2c(c(=O)n(CCCO)c(=O)n2C)n1Cc1ccc(C)nc1. The van der Waals surface area contributed by atoms with Gasteiger partial charge in [-0.25, -0.2) is 4.79 Å². The van der Waals surface area contributed by atoms with Crippen LogP contribution in [0.4, 0.5) is 0 Å². The average molecular weight is 430 g/mol. The van der Waals surface area contributed by atoms with Crippen LogP contribution < -0.4 is 16.0 Å². The molecule has 3 heterocycles. The van der Waals surface area contributed by atoms with Crippen LogP contribution in [-0.4, -0.2) is 42.0 Å². The van der Waals surface area contributed by atoms with Gasteiger partial charge in [0.2, 0.25) is 0 Å². The number of ether oxygens (including phenoxy) is 1. The smallest absolute Gasteiger partial charge is 0.332 e. The van der Waals surface area contributed by atoms with Crippen molar-refractivity contribution in [1.29, 1.82) is 0 Å². The molecule has 0 aromatic carbocycles. The zero-order valence-corrected chi connectivity index (χ0v) is 18.7. The summed E-state index contributed by atoms with van der Waals surface area (Å²) in [7, 11) is 1.59. The molecule has 0 aliphatic carbocycles. The van der Waals surface area contributed by atoms with Gasteiger partial charge in [-0.3, -0.25) is 23.5 Å². The van der Waals surface area contributed by atoms with Crippen molar-refractivity contribution in [3.63, 3.8) is 0 Å². The molecule has 0 aliphatic rings. The van der Waals surface area contributed by atoms with Gasteiger partial charge in [0.05, 0.1) is 13.2 Å². The lowest BCUT2D eigenvalue weighted by atomic mass is 10.1. The first kappa shape index (κ1) is 22.7. The maximum Gasteiger partial charge on any atom is 0.332 e. The minimum absolute atomic E-state index is 0.105. The molecule has 0 radical (unpaired) electrons. The van der Waals surface area contributed by atoms with E-state index in [1.165, 1.54) is 4.57 Å². The van der Waals surface area contributed by atoms with Gasteiger partial charge in [-0.2, -0.15) is 4.98 Å². The van der Waals surface area contributed by atoms with E-state index in [9.17, 15) is 9.59 Å². The molecule has 9 heteroatoms. The average Bonchev–Trinajstić information content (AvgIpc) is 3.13. The van der Waals surface area contributed by atoms with E-state index in [4.69, 9.17) is 9.84 Å². The molecule has 0 atom stereocenters. The number of hydrogen-bond donors (Lipinski definition) is 1. The Morgan fingerprint density at radius 2 is 1.90 bits per heavy atom. The molecule has 3 rings (SSSR count). The van der Waals surface area contributed by atoms with Gasteiger partial charge in [0.15, 0.2) is 11.2 Å². The van der Waals surface area contributed by atoms with Crippen molar-refractivity contribution < 1.29 is 9.84 Å². The topological polar surface area (TPSA) is 104 Å². The van der Waals surface area contributed by atoms with Crippen LogP contribution in [-0.2, 0) is 20.1 Å². The van der Waals surface area contributed by atoms with Crippen molar-refractivity contribution in [2.45, 2.75) is 53.1 Å². The van der Waals surface area contributed by atoms with E-state index in [0.29, 0.717) is 37.0 Å². The lowest BCUT2D eigenvalue weighted by Gasteiger charge is -2.15. The van der Waals surface area contributed by atoms with Crippen molar-refractivity contribution in [3.8, 4) is 6.01 Å². The van der Waals surface area contributed by atoms with Gasteiger partial charge in [0.25, 0.3) is 11.6 Å². The Morgan fingerprint density at radius 1 is 1.16 bits per heavy atom. The second-order valence-corrected chi connectivity index (χ2v) is 7.83. The van der Waals surface area contributed by atoms with E-state index in [2.05, 4.69) is 23.8 Å². The lowest BCUT2D eigenvalue weighted by molar-refractivity contribution is 0.217. The fourth-order valence-electron chi connectivity index (χ4n) is 3.53. The van der Waals surface area contributed by atoms with E-state index in [1.807, 2.05) is 19.1 Å². The van der Waals surface area contributed by atoms with Crippen LogP contribution in [0.1, 0.15) is 44.4 Å². The van der Waals surface area contributed by atoms with Crippen LogP contribution in [0.3, 0.4) is 0 Å². The summed E-state index contributed by atoms with van der Waals surface area (Å²) in [5, 5.41) is 9.17. The summed E-state index contributed by atoms with van der Waals surface area (Å²) >= 11 is 0. The van der Waals surface area contributed by atoms with Gasteiger partial charge >= 0.3 is 5.69 Å². The Bertz CT molecular complexity index is 1140. The predicted molar refractivity (Wildman–Crippen MR) is 119 cm³/mol. The minimum atomic E-state index is -0.459. The molecule has 3 aromatic rings. The third-order valence-corrected chi connectivity index (χ3v) is 5.65. The third kappa shape index (κ3) is 4.71. The summed E-state index contributed by atoms with van der Waals surface area (Å²) in [4.78, 5) is 34.9. The second-order valence-electron chi connectivity index (χ2n) is 7.83. The molecular formula is C22H31N5O4. The van der Waals surface area contributed by atoms with Gasteiger partial charge < -0.3 is 9.84 Å². The third-order valence-electron chi connectivity index (χ3n) is 5.65. The predicted octanol–water partition coefficient (Wildman–Crippen LogP) is 1.85. The monoisotopic (exact) mass is 429 g/mol. The fraction of sp³-hybridized carbons (Fsp3) is 0.545. The summed E-state index contributed by atoms with van der Waals surface area (Å²) in [6.45, 7) is 7.00. The Balaban J connectivity index is 2.17. The zero-order valence-electron chi connectivity index (χ0n) is 18.7. The number of nitrogens with zero attached hydrogens (tertiary/aromatic N) is 5. The molecule has 31 heavy (non-hydrogen) atoms. The van der Waals surface area contributed by atoms with Crippen LogP contribution >= 0.6 is 0 Å². The number of aliphatic hydroxyl groups is 1. The number of fused-ring (bicyclic) bond motifs is 1. The van der Waals surface area contributed by atoms with Crippen LogP contribution in [0.2, 0.25) is 0 Å². The van der Waals surface area contributed by atoms with Crippen LogP contribution in [0.15, 0.2) is 27.9 Å². The molecule has 0 saturated heterocycles. The molecule has 0 unspecified atom stereocenters. The first-order chi connectivity index (χ1) is 14.9. The maximum atomic E-state index is 13.3. The molecular weight excluding hydrogens is 398 g/mol. The van der Waals surface area contributed by atoms with E-state index in [-0.39, 0.29) is 18.8 Å². The molecule has 0 aliphatic heterocycles. The van der Waals surface area contributed by atoms with E-state index >= 15 is 0 Å². The van der Waals surface area contributed by atoms with Crippen LogP contribution in [0, 0.1) is 12.8 Å². The first-order valence-electron chi connectivity index (χ1n) is 10.8. The summed E-state index contributed by atoms with van der Waals surface area (Å²) in [5.74, 6) is 0.374. The number of aromatic nitrogens is 5. The number of imidazole rings is 1. The van der Waals surface area contributed by atoms with Gasteiger partial charge in [0.1, 0.15) is 0 Å². The van der Waals surface area contributed by atoms with Gasteiger partial charge in [0, 0.05) is 32.1 Å². The quantitative estimate of drug-likeness (QED) is 0.527. The molecule has 1 N–H and O–H groups in total. The molecule has 168 valence electrons. The number of pyridine rings is 1.